The van der Waals surface area contributed by atoms with Crippen LogP contribution in [-0.2, 0) is 19.1 Å². The Bertz CT molecular complexity index is 847. The van der Waals surface area contributed by atoms with Gasteiger partial charge in [-0.2, -0.15) is 0 Å². The number of fused-ring (bicyclic) bond motifs is 10. The van der Waals surface area contributed by atoms with Crippen LogP contribution in [0.4, 0.5) is 0 Å². The molecule has 10 unspecified atom stereocenters. The lowest BCUT2D eigenvalue weighted by atomic mass is 9.73. The van der Waals surface area contributed by atoms with Gasteiger partial charge in [0, 0.05) is 23.5 Å². The van der Waals surface area contributed by atoms with Gasteiger partial charge in [0.15, 0.2) is 0 Å². The normalized spacial score (nSPS) is 48.0. The van der Waals surface area contributed by atoms with Crippen molar-refractivity contribution in [1.29, 1.82) is 0 Å². The van der Waals surface area contributed by atoms with Crippen molar-refractivity contribution in [2.24, 2.45) is 47.3 Å². The fourth-order valence-corrected chi connectivity index (χ4v) is 9.58. The summed E-state index contributed by atoms with van der Waals surface area (Å²) < 4.78 is 11.4. The SMILES string of the molecule is C=C(C)C(=O)OC1(C)CC2CC1C1CCCC21.C=CC(=O)OC1(C)CC2CC1C1CCCC21. The van der Waals surface area contributed by atoms with Crippen molar-refractivity contribution in [1.82, 2.24) is 0 Å². The monoisotopic (exact) mass is 454 g/mol. The second-order valence-corrected chi connectivity index (χ2v) is 12.6. The molecule has 0 radical (unpaired) electrons. The molecule has 0 aromatic rings. The molecule has 33 heavy (non-hydrogen) atoms. The van der Waals surface area contributed by atoms with E-state index in [0.717, 1.165) is 48.3 Å². The highest BCUT2D eigenvalue weighted by atomic mass is 16.6. The summed E-state index contributed by atoms with van der Waals surface area (Å²) in [5, 5.41) is 0. The van der Waals surface area contributed by atoms with Crippen molar-refractivity contribution in [2.45, 2.75) is 96.2 Å². The van der Waals surface area contributed by atoms with Crippen molar-refractivity contribution in [3.63, 3.8) is 0 Å². The minimum atomic E-state index is -0.246. The molecular weight excluding hydrogens is 412 g/mol. The number of hydrogen-bond acceptors (Lipinski definition) is 4. The van der Waals surface area contributed by atoms with E-state index in [9.17, 15) is 9.59 Å². The zero-order valence-electron chi connectivity index (χ0n) is 20.8. The highest BCUT2D eigenvalue weighted by Gasteiger charge is 2.61. The van der Waals surface area contributed by atoms with Gasteiger partial charge in [-0.05, 0) is 108 Å². The largest absolute Gasteiger partial charge is 0.456 e. The Balaban J connectivity index is 0.000000139. The van der Waals surface area contributed by atoms with Crippen LogP contribution in [0.1, 0.15) is 85.0 Å². The Morgan fingerprint density at radius 2 is 1.27 bits per heavy atom. The minimum absolute atomic E-state index is 0.193. The summed E-state index contributed by atoms with van der Waals surface area (Å²) in [5.41, 5.74) is 0.130. The third-order valence-electron chi connectivity index (χ3n) is 10.7. The first-order valence-corrected chi connectivity index (χ1v) is 13.4. The van der Waals surface area contributed by atoms with Gasteiger partial charge in [-0.1, -0.05) is 26.0 Å². The van der Waals surface area contributed by atoms with E-state index in [2.05, 4.69) is 27.0 Å². The highest BCUT2D eigenvalue weighted by molar-refractivity contribution is 5.87. The second kappa shape index (κ2) is 8.27. The first kappa shape index (κ1) is 23.2. The molecule has 182 valence electrons. The summed E-state index contributed by atoms with van der Waals surface area (Å²) in [6.07, 6.45) is 14.3. The Kier molecular flexibility index (Phi) is 5.81. The smallest absolute Gasteiger partial charge is 0.333 e. The Hall–Kier alpha value is -1.58. The van der Waals surface area contributed by atoms with Crippen LogP contribution in [0.15, 0.2) is 24.8 Å². The summed E-state index contributed by atoms with van der Waals surface area (Å²) in [6, 6.07) is 0. The maximum absolute atomic E-state index is 11.8. The molecule has 0 spiro atoms. The average molecular weight is 455 g/mol. The fourth-order valence-electron chi connectivity index (χ4n) is 9.58. The van der Waals surface area contributed by atoms with Gasteiger partial charge in [0.25, 0.3) is 0 Å². The molecule has 0 saturated heterocycles. The van der Waals surface area contributed by atoms with Crippen molar-refractivity contribution >= 4 is 11.9 Å². The summed E-state index contributed by atoms with van der Waals surface area (Å²) in [5.74, 6) is 5.97. The zero-order chi connectivity index (χ0) is 23.5. The van der Waals surface area contributed by atoms with Gasteiger partial charge < -0.3 is 9.47 Å². The quantitative estimate of drug-likeness (QED) is 0.372. The van der Waals surface area contributed by atoms with E-state index >= 15 is 0 Å². The van der Waals surface area contributed by atoms with Crippen LogP contribution in [0.3, 0.4) is 0 Å². The number of carbonyl (C=O) groups is 2. The molecule has 6 saturated carbocycles. The first-order chi connectivity index (χ1) is 15.6. The summed E-state index contributed by atoms with van der Waals surface area (Å²) >= 11 is 0. The third-order valence-corrected chi connectivity index (χ3v) is 10.7. The van der Waals surface area contributed by atoms with E-state index in [1.165, 1.54) is 57.4 Å². The molecule has 0 aliphatic heterocycles. The Morgan fingerprint density at radius 1 is 0.818 bits per heavy atom. The molecule has 0 amide bonds. The Labute approximate surface area is 199 Å². The fraction of sp³-hybridized carbons (Fsp3) is 0.793. The third kappa shape index (κ3) is 3.80. The van der Waals surface area contributed by atoms with E-state index in [1.807, 2.05) is 0 Å². The van der Waals surface area contributed by atoms with Crippen LogP contribution >= 0.6 is 0 Å². The number of hydrogen-bond donors (Lipinski definition) is 0. The van der Waals surface area contributed by atoms with Gasteiger partial charge in [-0.3, -0.25) is 0 Å². The second-order valence-electron chi connectivity index (χ2n) is 12.6. The number of rotatable bonds is 4. The van der Waals surface area contributed by atoms with E-state index in [1.54, 1.807) is 6.92 Å². The number of esters is 2. The molecule has 6 rings (SSSR count). The molecule has 4 bridgehead atoms. The zero-order valence-corrected chi connectivity index (χ0v) is 20.8. The molecule has 0 aromatic heterocycles. The molecule has 6 aliphatic rings. The van der Waals surface area contributed by atoms with Crippen molar-refractivity contribution < 1.29 is 19.1 Å². The van der Waals surface area contributed by atoms with Gasteiger partial charge >= 0.3 is 11.9 Å². The molecular formula is C29H42O4. The van der Waals surface area contributed by atoms with Crippen LogP contribution in [0.25, 0.3) is 0 Å². The maximum Gasteiger partial charge on any atom is 0.333 e. The van der Waals surface area contributed by atoms with Crippen molar-refractivity contribution in [2.75, 3.05) is 0 Å². The van der Waals surface area contributed by atoms with Crippen LogP contribution in [-0.4, -0.2) is 23.1 Å². The summed E-state index contributed by atoms with van der Waals surface area (Å²) in [7, 11) is 0. The van der Waals surface area contributed by atoms with E-state index in [0.29, 0.717) is 17.4 Å². The molecule has 0 aromatic carbocycles. The summed E-state index contributed by atoms with van der Waals surface area (Å²) in [4.78, 5) is 23.2. The van der Waals surface area contributed by atoms with Gasteiger partial charge in [-0.25, -0.2) is 9.59 Å². The predicted octanol–water partition coefficient (Wildman–Crippen LogP) is 6.25. The minimum Gasteiger partial charge on any atom is -0.456 e. The predicted molar refractivity (Wildman–Crippen MR) is 128 cm³/mol. The average Bonchev–Trinajstić information content (AvgIpc) is 3.54. The lowest BCUT2D eigenvalue weighted by Crippen LogP contribution is -2.42. The highest BCUT2D eigenvalue weighted by Crippen LogP contribution is 2.64. The standard InChI is InChI=1S/C15H22O2.C14H20O2/c1-9(2)14(16)17-15(3)8-10-7-13(15)12-6-4-5-11(10)12;1-3-13(15)16-14(2)8-9-7-12(14)11-6-4-5-10(9)11/h10-13H,1,4-8H2,2-3H3;3,9-12H,1,4-8H2,2H3. The topological polar surface area (TPSA) is 52.6 Å². The lowest BCUT2D eigenvalue weighted by molar-refractivity contribution is -0.162. The van der Waals surface area contributed by atoms with Gasteiger partial charge in [0.1, 0.15) is 11.2 Å². The molecule has 0 N–H and O–H groups in total. The maximum atomic E-state index is 11.8. The lowest BCUT2D eigenvalue weighted by Gasteiger charge is -2.39. The molecule has 6 aliphatic carbocycles. The number of carbonyl (C=O) groups excluding carboxylic acids is 2. The van der Waals surface area contributed by atoms with Gasteiger partial charge in [-0.15, -0.1) is 0 Å². The van der Waals surface area contributed by atoms with Crippen LogP contribution < -0.4 is 0 Å². The van der Waals surface area contributed by atoms with E-state index in [4.69, 9.17) is 9.47 Å². The van der Waals surface area contributed by atoms with E-state index in [-0.39, 0.29) is 23.1 Å². The van der Waals surface area contributed by atoms with Crippen LogP contribution in [0.5, 0.6) is 0 Å². The number of ether oxygens (including phenoxy) is 2. The van der Waals surface area contributed by atoms with Crippen LogP contribution in [0.2, 0.25) is 0 Å². The van der Waals surface area contributed by atoms with Crippen molar-refractivity contribution in [3.8, 4) is 0 Å². The Morgan fingerprint density at radius 3 is 1.73 bits per heavy atom. The van der Waals surface area contributed by atoms with Crippen molar-refractivity contribution in [3.05, 3.63) is 24.8 Å². The molecule has 10 atom stereocenters. The molecule has 4 nitrogen and oxygen atoms in total. The molecule has 4 heteroatoms. The van der Waals surface area contributed by atoms with Gasteiger partial charge in [0.05, 0.1) is 0 Å². The van der Waals surface area contributed by atoms with Crippen LogP contribution in [0, 0.1) is 47.3 Å². The van der Waals surface area contributed by atoms with E-state index < -0.39 is 0 Å². The first-order valence-electron chi connectivity index (χ1n) is 13.4. The molecule has 6 fully saturated rings. The van der Waals surface area contributed by atoms with Gasteiger partial charge in [0.2, 0.25) is 0 Å². The summed E-state index contributed by atoms with van der Waals surface area (Å²) in [6.45, 7) is 13.2. The molecule has 0 heterocycles.